The van der Waals surface area contributed by atoms with Crippen molar-refractivity contribution in [3.05, 3.63) is 35.4 Å². The van der Waals surface area contributed by atoms with Gasteiger partial charge in [-0.3, -0.25) is 4.79 Å². The second-order valence-corrected chi connectivity index (χ2v) is 7.88. The first-order valence-corrected chi connectivity index (χ1v) is 8.92. The molecular formula is C15H22N2O3S. The highest BCUT2D eigenvalue weighted by molar-refractivity contribution is 7.91. The molecule has 6 heteroatoms. The van der Waals surface area contributed by atoms with Crippen LogP contribution in [0.1, 0.15) is 17.5 Å². The van der Waals surface area contributed by atoms with Crippen molar-refractivity contribution in [1.82, 2.24) is 10.2 Å². The van der Waals surface area contributed by atoms with Gasteiger partial charge >= 0.3 is 0 Å². The van der Waals surface area contributed by atoms with Gasteiger partial charge in [0.2, 0.25) is 5.91 Å². The van der Waals surface area contributed by atoms with E-state index in [-0.39, 0.29) is 30.0 Å². The summed E-state index contributed by atoms with van der Waals surface area (Å²) in [6.07, 6.45) is 0.544. The molecule has 1 N–H and O–H groups in total. The Balaban J connectivity index is 1.79. The molecular weight excluding hydrogens is 288 g/mol. The van der Waals surface area contributed by atoms with E-state index in [0.717, 1.165) is 5.56 Å². The number of carbonyl (C=O) groups excluding carboxylic acids is 1. The summed E-state index contributed by atoms with van der Waals surface area (Å²) in [5.74, 6) is 0.212. The Morgan fingerprint density at radius 3 is 2.81 bits per heavy atom. The number of nitrogens with zero attached hydrogens (tertiary/aromatic N) is 1. The van der Waals surface area contributed by atoms with Crippen LogP contribution >= 0.6 is 0 Å². The van der Waals surface area contributed by atoms with Gasteiger partial charge in [0.25, 0.3) is 0 Å². The van der Waals surface area contributed by atoms with Gasteiger partial charge in [0.1, 0.15) is 0 Å². The van der Waals surface area contributed by atoms with Gasteiger partial charge in [0.05, 0.1) is 18.1 Å². The van der Waals surface area contributed by atoms with E-state index in [1.165, 1.54) is 5.56 Å². The minimum Gasteiger partial charge on any atom is -0.341 e. The van der Waals surface area contributed by atoms with Crippen molar-refractivity contribution in [2.45, 2.75) is 25.9 Å². The first-order valence-electron chi connectivity index (χ1n) is 7.10. The number of nitrogens with one attached hydrogen (secondary N) is 1. The van der Waals surface area contributed by atoms with Gasteiger partial charge in [0, 0.05) is 19.6 Å². The van der Waals surface area contributed by atoms with Crippen molar-refractivity contribution in [3.63, 3.8) is 0 Å². The second kappa shape index (κ2) is 6.58. The average Bonchev–Trinajstić information content (AvgIpc) is 2.78. The number of carbonyl (C=O) groups is 1. The number of hydrogen-bond donors (Lipinski definition) is 1. The van der Waals surface area contributed by atoms with Crippen LogP contribution in [0.4, 0.5) is 0 Å². The molecule has 1 atom stereocenters. The molecule has 1 heterocycles. The summed E-state index contributed by atoms with van der Waals surface area (Å²) in [4.78, 5) is 13.6. The zero-order valence-corrected chi connectivity index (χ0v) is 13.3. The zero-order chi connectivity index (χ0) is 15.5. The van der Waals surface area contributed by atoms with E-state index in [9.17, 15) is 13.2 Å². The maximum Gasteiger partial charge on any atom is 0.236 e. The summed E-state index contributed by atoms with van der Waals surface area (Å²) >= 11 is 0. The van der Waals surface area contributed by atoms with E-state index >= 15 is 0 Å². The summed E-state index contributed by atoms with van der Waals surface area (Å²) in [5.41, 5.74) is 2.32. The van der Waals surface area contributed by atoms with Crippen molar-refractivity contribution < 1.29 is 13.2 Å². The van der Waals surface area contributed by atoms with Gasteiger partial charge in [-0.05, 0) is 18.9 Å². The van der Waals surface area contributed by atoms with E-state index < -0.39 is 9.84 Å². The molecule has 0 saturated carbocycles. The lowest BCUT2D eigenvalue weighted by molar-refractivity contribution is -0.130. The first-order chi connectivity index (χ1) is 9.87. The Morgan fingerprint density at radius 2 is 2.19 bits per heavy atom. The van der Waals surface area contributed by atoms with Crippen molar-refractivity contribution in [1.29, 1.82) is 0 Å². The number of benzene rings is 1. The monoisotopic (exact) mass is 310 g/mol. The molecule has 1 aliphatic heterocycles. The third-order valence-electron chi connectivity index (χ3n) is 3.84. The zero-order valence-electron chi connectivity index (χ0n) is 12.5. The second-order valence-electron chi connectivity index (χ2n) is 5.65. The third kappa shape index (κ3) is 4.54. The number of aryl methyl sites for hydroxylation is 1. The number of likely N-dealkylation sites (N-methyl/N-ethyl adjacent to an activating group) is 1. The van der Waals surface area contributed by atoms with E-state index in [0.29, 0.717) is 13.0 Å². The van der Waals surface area contributed by atoms with Crippen LogP contribution in [-0.4, -0.2) is 50.4 Å². The molecule has 1 unspecified atom stereocenters. The predicted molar refractivity (Wildman–Crippen MR) is 82.7 cm³/mol. The van der Waals surface area contributed by atoms with E-state index in [4.69, 9.17) is 0 Å². The lowest BCUT2D eigenvalue weighted by Crippen LogP contribution is -2.42. The Bertz CT molecular complexity index is 613. The molecule has 0 spiro atoms. The molecule has 0 radical (unpaired) electrons. The molecule has 1 amide bonds. The highest BCUT2D eigenvalue weighted by atomic mass is 32.2. The van der Waals surface area contributed by atoms with Crippen molar-refractivity contribution >= 4 is 15.7 Å². The van der Waals surface area contributed by atoms with Gasteiger partial charge in [-0.2, -0.15) is 0 Å². The van der Waals surface area contributed by atoms with Crippen LogP contribution in [0.3, 0.4) is 0 Å². The molecule has 0 bridgehead atoms. The summed E-state index contributed by atoms with van der Waals surface area (Å²) in [6, 6.07) is 7.93. The number of rotatable bonds is 5. The molecule has 0 aromatic heterocycles. The fraction of sp³-hybridized carbons (Fsp3) is 0.533. The van der Waals surface area contributed by atoms with Gasteiger partial charge in [0.15, 0.2) is 9.84 Å². The SMILES string of the molecule is Cc1cccc(CNCC(=O)N(C)C2CCS(=O)(=O)C2)c1. The molecule has 1 aromatic rings. The summed E-state index contributed by atoms with van der Waals surface area (Å²) in [7, 11) is -1.27. The van der Waals surface area contributed by atoms with Gasteiger partial charge in [-0.15, -0.1) is 0 Å². The van der Waals surface area contributed by atoms with Crippen molar-refractivity contribution in [2.75, 3.05) is 25.1 Å². The predicted octanol–water partition coefficient (Wildman–Crippen LogP) is 0.730. The van der Waals surface area contributed by atoms with Crippen molar-refractivity contribution in [2.24, 2.45) is 0 Å². The number of amides is 1. The summed E-state index contributed by atoms with van der Waals surface area (Å²) in [6.45, 7) is 2.88. The molecule has 116 valence electrons. The standard InChI is InChI=1S/C15H22N2O3S/c1-12-4-3-5-13(8-12)9-16-10-15(18)17(2)14-6-7-21(19,20)11-14/h3-5,8,14,16H,6-7,9-11H2,1-2H3. The third-order valence-corrected chi connectivity index (χ3v) is 5.59. The lowest BCUT2D eigenvalue weighted by Gasteiger charge is -2.23. The molecule has 5 nitrogen and oxygen atoms in total. The van der Waals surface area contributed by atoms with Gasteiger partial charge in [-0.25, -0.2) is 8.42 Å². The molecule has 2 rings (SSSR count). The Labute approximate surface area is 126 Å². The first kappa shape index (κ1) is 16.0. The number of sulfone groups is 1. The Hall–Kier alpha value is -1.40. The normalized spacial score (nSPS) is 20.4. The van der Waals surface area contributed by atoms with Gasteiger partial charge in [-0.1, -0.05) is 29.8 Å². The smallest absolute Gasteiger partial charge is 0.236 e. The highest BCUT2D eigenvalue weighted by Gasteiger charge is 2.32. The quantitative estimate of drug-likeness (QED) is 0.871. The average molecular weight is 310 g/mol. The Kier molecular flexibility index (Phi) is 5.00. The minimum absolute atomic E-state index is 0.0650. The van der Waals surface area contributed by atoms with Crippen LogP contribution in [0.2, 0.25) is 0 Å². The van der Waals surface area contributed by atoms with Crippen LogP contribution in [-0.2, 0) is 21.2 Å². The van der Waals surface area contributed by atoms with Crippen LogP contribution in [0, 0.1) is 6.92 Å². The van der Waals surface area contributed by atoms with E-state index in [1.807, 2.05) is 25.1 Å². The minimum atomic E-state index is -2.96. The van der Waals surface area contributed by atoms with Crippen LogP contribution in [0.25, 0.3) is 0 Å². The van der Waals surface area contributed by atoms with Gasteiger partial charge < -0.3 is 10.2 Å². The topological polar surface area (TPSA) is 66.5 Å². The fourth-order valence-corrected chi connectivity index (χ4v) is 4.32. The fourth-order valence-electron chi connectivity index (χ4n) is 2.55. The molecule has 1 aliphatic rings. The van der Waals surface area contributed by atoms with E-state index in [1.54, 1.807) is 11.9 Å². The van der Waals surface area contributed by atoms with E-state index in [2.05, 4.69) is 11.4 Å². The Morgan fingerprint density at radius 1 is 1.43 bits per heavy atom. The molecule has 0 aliphatic carbocycles. The maximum absolute atomic E-state index is 12.1. The number of hydrogen-bond acceptors (Lipinski definition) is 4. The largest absolute Gasteiger partial charge is 0.341 e. The summed E-state index contributed by atoms with van der Waals surface area (Å²) < 4.78 is 22.9. The summed E-state index contributed by atoms with van der Waals surface area (Å²) in [5, 5.41) is 3.11. The van der Waals surface area contributed by atoms with Crippen LogP contribution in [0.15, 0.2) is 24.3 Å². The molecule has 1 saturated heterocycles. The molecule has 21 heavy (non-hydrogen) atoms. The molecule has 1 aromatic carbocycles. The van der Waals surface area contributed by atoms with Crippen molar-refractivity contribution in [3.8, 4) is 0 Å². The highest BCUT2D eigenvalue weighted by Crippen LogP contribution is 2.16. The lowest BCUT2D eigenvalue weighted by atomic mass is 10.1. The van der Waals surface area contributed by atoms with Crippen LogP contribution < -0.4 is 5.32 Å². The molecule has 1 fully saturated rings. The van der Waals surface area contributed by atoms with Crippen LogP contribution in [0.5, 0.6) is 0 Å². The maximum atomic E-state index is 12.1.